The third-order valence-corrected chi connectivity index (χ3v) is 5.22. The van der Waals surface area contributed by atoms with Gasteiger partial charge in [0.25, 0.3) is 11.5 Å². The van der Waals surface area contributed by atoms with Crippen LogP contribution in [0.4, 0.5) is 0 Å². The van der Waals surface area contributed by atoms with Crippen LogP contribution in [0.1, 0.15) is 62.9 Å². The van der Waals surface area contributed by atoms with Crippen molar-refractivity contribution < 1.29 is 14.3 Å². The van der Waals surface area contributed by atoms with Gasteiger partial charge in [0.05, 0.1) is 5.39 Å². The first-order chi connectivity index (χ1) is 13.5. The minimum atomic E-state index is -0.932. The molecule has 0 bridgehead atoms. The van der Waals surface area contributed by atoms with E-state index in [1.165, 1.54) is 17.5 Å². The van der Waals surface area contributed by atoms with E-state index in [0.717, 1.165) is 25.7 Å². The Balaban J connectivity index is 1.76. The first-order valence-corrected chi connectivity index (χ1v) is 10.0. The van der Waals surface area contributed by atoms with Crippen molar-refractivity contribution in [3.05, 3.63) is 40.3 Å². The molecule has 2 aromatic rings. The Labute approximate surface area is 164 Å². The standard InChI is InChI=1S/C21H27N3O4/c1-3-24-20(26)17-13-9-8-12-16(17)18(23-24)21(27)28-14(2)19(25)22-15-10-6-4-5-7-11-15/h8-9,12-15H,3-7,10-11H2,1-2H3,(H,22,25)/t14-/m0/s1. The highest BCUT2D eigenvalue weighted by Crippen LogP contribution is 2.18. The lowest BCUT2D eigenvalue weighted by molar-refractivity contribution is -0.129. The van der Waals surface area contributed by atoms with Crippen LogP contribution in [0.2, 0.25) is 0 Å². The minimum absolute atomic E-state index is 0.0474. The van der Waals surface area contributed by atoms with E-state index in [4.69, 9.17) is 4.74 Å². The molecule has 1 aliphatic carbocycles. The number of hydrogen-bond acceptors (Lipinski definition) is 5. The number of esters is 1. The van der Waals surface area contributed by atoms with Crippen molar-refractivity contribution in [1.82, 2.24) is 15.1 Å². The number of aromatic nitrogens is 2. The quantitative estimate of drug-likeness (QED) is 0.631. The monoisotopic (exact) mass is 385 g/mol. The first-order valence-electron chi connectivity index (χ1n) is 10.0. The maximum absolute atomic E-state index is 12.7. The molecule has 1 aromatic heterocycles. The van der Waals surface area contributed by atoms with Gasteiger partial charge in [-0.15, -0.1) is 0 Å². The number of amides is 1. The average Bonchev–Trinajstić information content (AvgIpc) is 2.97. The van der Waals surface area contributed by atoms with Crippen molar-refractivity contribution in [1.29, 1.82) is 0 Å². The molecule has 0 saturated heterocycles. The summed E-state index contributed by atoms with van der Waals surface area (Å²) in [5.74, 6) is -1.00. The van der Waals surface area contributed by atoms with E-state index >= 15 is 0 Å². The molecule has 150 valence electrons. The van der Waals surface area contributed by atoms with E-state index in [1.807, 2.05) is 0 Å². The largest absolute Gasteiger partial charge is 0.448 e. The van der Waals surface area contributed by atoms with Crippen LogP contribution < -0.4 is 10.9 Å². The van der Waals surface area contributed by atoms with Crippen molar-refractivity contribution in [2.45, 2.75) is 71.1 Å². The number of aryl methyl sites for hydroxylation is 1. The maximum atomic E-state index is 12.7. The zero-order chi connectivity index (χ0) is 20.1. The second-order valence-electron chi connectivity index (χ2n) is 7.26. The van der Waals surface area contributed by atoms with E-state index in [9.17, 15) is 14.4 Å². The highest BCUT2D eigenvalue weighted by molar-refractivity contribution is 6.02. The van der Waals surface area contributed by atoms with Crippen molar-refractivity contribution in [2.24, 2.45) is 0 Å². The van der Waals surface area contributed by atoms with Gasteiger partial charge in [0.2, 0.25) is 0 Å². The number of benzene rings is 1. The van der Waals surface area contributed by atoms with E-state index in [0.29, 0.717) is 17.3 Å². The molecule has 0 radical (unpaired) electrons. The SMILES string of the molecule is CCn1nc(C(=O)O[C@@H](C)C(=O)NC2CCCCCC2)c2ccccc2c1=O. The van der Waals surface area contributed by atoms with Crippen molar-refractivity contribution in [3.8, 4) is 0 Å². The molecule has 28 heavy (non-hydrogen) atoms. The number of nitrogens with one attached hydrogen (secondary N) is 1. The van der Waals surface area contributed by atoms with Crippen molar-refractivity contribution in [3.63, 3.8) is 0 Å². The third kappa shape index (κ3) is 4.40. The summed E-state index contributed by atoms with van der Waals surface area (Å²) >= 11 is 0. The molecule has 3 rings (SSSR count). The number of nitrogens with zero attached hydrogens (tertiary/aromatic N) is 2. The molecule has 1 saturated carbocycles. The Hall–Kier alpha value is -2.70. The fourth-order valence-corrected chi connectivity index (χ4v) is 3.61. The zero-order valence-electron chi connectivity index (χ0n) is 16.4. The highest BCUT2D eigenvalue weighted by atomic mass is 16.5. The van der Waals surface area contributed by atoms with Gasteiger partial charge in [-0.2, -0.15) is 5.10 Å². The summed E-state index contributed by atoms with van der Waals surface area (Å²) in [5, 5.41) is 7.98. The van der Waals surface area contributed by atoms with Gasteiger partial charge < -0.3 is 10.1 Å². The second kappa shape index (κ2) is 8.99. The smallest absolute Gasteiger partial charge is 0.360 e. The molecule has 1 aliphatic rings. The van der Waals surface area contributed by atoms with E-state index in [1.54, 1.807) is 38.1 Å². The Morgan fingerprint density at radius 3 is 2.46 bits per heavy atom. The fourth-order valence-electron chi connectivity index (χ4n) is 3.61. The number of fused-ring (bicyclic) bond motifs is 1. The number of ether oxygens (including phenoxy) is 1. The van der Waals surface area contributed by atoms with Crippen LogP contribution in [0.5, 0.6) is 0 Å². The molecular formula is C21H27N3O4. The molecule has 0 unspecified atom stereocenters. The third-order valence-electron chi connectivity index (χ3n) is 5.22. The Kier molecular flexibility index (Phi) is 6.44. The van der Waals surface area contributed by atoms with Crippen molar-refractivity contribution >= 4 is 22.6 Å². The van der Waals surface area contributed by atoms with Crippen molar-refractivity contribution in [2.75, 3.05) is 0 Å². The van der Waals surface area contributed by atoms with Crippen LogP contribution in [0.3, 0.4) is 0 Å². The summed E-state index contributed by atoms with van der Waals surface area (Å²) < 4.78 is 6.62. The Morgan fingerprint density at radius 1 is 1.18 bits per heavy atom. The van der Waals surface area contributed by atoms with Gasteiger partial charge in [0.1, 0.15) is 0 Å². The van der Waals surface area contributed by atoms with E-state index in [2.05, 4.69) is 10.4 Å². The van der Waals surface area contributed by atoms with Crippen LogP contribution in [-0.2, 0) is 16.1 Å². The molecule has 0 aliphatic heterocycles. The van der Waals surface area contributed by atoms with E-state index in [-0.39, 0.29) is 23.2 Å². The van der Waals surface area contributed by atoms with Gasteiger partial charge in [-0.25, -0.2) is 9.48 Å². The van der Waals surface area contributed by atoms with Gasteiger partial charge in [-0.3, -0.25) is 9.59 Å². The Bertz CT molecular complexity index is 913. The van der Waals surface area contributed by atoms with Crippen LogP contribution in [0.15, 0.2) is 29.1 Å². The lowest BCUT2D eigenvalue weighted by atomic mass is 10.1. The molecule has 1 atom stereocenters. The topological polar surface area (TPSA) is 90.3 Å². The van der Waals surface area contributed by atoms with Gasteiger partial charge in [-0.05, 0) is 32.8 Å². The summed E-state index contributed by atoms with van der Waals surface area (Å²) in [7, 11) is 0. The predicted octanol–water partition coefficient (Wildman–Crippen LogP) is 2.80. The molecule has 1 N–H and O–H groups in total. The minimum Gasteiger partial charge on any atom is -0.448 e. The van der Waals surface area contributed by atoms with Crippen LogP contribution >= 0.6 is 0 Å². The average molecular weight is 385 g/mol. The lowest BCUT2D eigenvalue weighted by Gasteiger charge is -2.20. The van der Waals surface area contributed by atoms with Gasteiger partial charge in [0, 0.05) is 18.0 Å². The Morgan fingerprint density at radius 2 is 1.82 bits per heavy atom. The van der Waals surface area contributed by atoms with Gasteiger partial charge >= 0.3 is 5.97 Å². The number of carbonyl (C=O) groups excluding carboxylic acids is 2. The van der Waals surface area contributed by atoms with Crippen LogP contribution in [0, 0.1) is 0 Å². The maximum Gasteiger partial charge on any atom is 0.360 e. The highest BCUT2D eigenvalue weighted by Gasteiger charge is 2.25. The molecule has 1 heterocycles. The zero-order valence-corrected chi connectivity index (χ0v) is 16.4. The number of carbonyl (C=O) groups is 2. The van der Waals surface area contributed by atoms with Gasteiger partial charge in [0.15, 0.2) is 11.8 Å². The molecule has 1 aromatic carbocycles. The molecular weight excluding hydrogens is 358 g/mol. The molecule has 1 amide bonds. The summed E-state index contributed by atoms with van der Waals surface area (Å²) in [4.78, 5) is 37.6. The summed E-state index contributed by atoms with van der Waals surface area (Å²) in [6.07, 6.45) is 5.59. The normalized spacial score (nSPS) is 16.4. The molecule has 1 fully saturated rings. The summed E-state index contributed by atoms with van der Waals surface area (Å²) in [6.45, 7) is 3.67. The van der Waals surface area contributed by atoms with Gasteiger partial charge in [-0.1, -0.05) is 43.9 Å². The van der Waals surface area contributed by atoms with Crippen LogP contribution in [0.25, 0.3) is 10.8 Å². The number of hydrogen-bond donors (Lipinski definition) is 1. The first kappa shape index (κ1) is 20.0. The van der Waals surface area contributed by atoms with E-state index < -0.39 is 12.1 Å². The molecule has 0 spiro atoms. The fraction of sp³-hybridized carbons (Fsp3) is 0.524. The summed E-state index contributed by atoms with van der Waals surface area (Å²) in [5.41, 5.74) is -0.208. The van der Waals surface area contributed by atoms with Crippen LogP contribution in [-0.4, -0.2) is 33.8 Å². The molecule has 7 nitrogen and oxygen atoms in total. The summed E-state index contributed by atoms with van der Waals surface area (Å²) in [6, 6.07) is 6.93. The number of rotatable bonds is 5. The predicted molar refractivity (Wildman–Crippen MR) is 106 cm³/mol. The lowest BCUT2D eigenvalue weighted by Crippen LogP contribution is -2.42. The second-order valence-corrected chi connectivity index (χ2v) is 7.26. The molecule has 7 heteroatoms.